The van der Waals surface area contributed by atoms with Crippen molar-refractivity contribution >= 4 is 29.0 Å². The fraction of sp³-hybridized carbons (Fsp3) is 0.115. The lowest BCUT2D eigenvalue weighted by molar-refractivity contribution is 0.0697. The number of nitrogens with zero attached hydrogens (tertiary/aromatic N) is 3. The van der Waals surface area contributed by atoms with Crippen molar-refractivity contribution in [2.24, 2.45) is 0 Å². The number of nitrogens with one attached hydrogen (secondary N) is 1. The van der Waals surface area contributed by atoms with Gasteiger partial charge in [0.1, 0.15) is 11.8 Å². The first-order chi connectivity index (χ1) is 16.6. The van der Waals surface area contributed by atoms with E-state index in [2.05, 4.69) is 25.8 Å². The van der Waals surface area contributed by atoms with E-state index in [1.54, 1.807) is 37.6 Å². The van der Waals surface area contributed by atoms with E-state index in [1.165, 1.54) is 0 Å². The molecule has 2 N–H and O–H groups in total. The molecule has 2 aromatic heterocycles. The third-order valence-corrected chi connectivity index (χ3v) is 6.24. The first-order valence-electron chi connectivity index (χ1n) is 10.7. The van der Waals surface area contributed by atoms with Gasteiger partial charge in [0.05, 0.1) is 24.4 Å². The lowest BCUT2D eigenvalue weighted by Gasteiger charge is -2.29. The molecule has 1 aliphatic rings. The smallest absolute Gasteiger partial charge is 0.335 e. The van der Waals surface area contributed by atoms with Crippen LogP contribution in [-0.2, 0) is 0 Å². The van der Waals surface area contributed by atoms with E-state index < -0.39 is 5.97 Å². The van der Waals surface area contributed by atoms with Gasteiger partial charge in [-0.25, -0.2) is 4.79 Å². The average molecular weight is 471 g/mol. The number of pyridine rings is 1. The molecule has 2 aromatic carbocycles. The summed E-state index contributed by atoms with van der Waals surface area (Å²) in [6, 6.07) is 24.1. The normalized spacial score (nSPS) is 17.4. The minimum atomic E-state index is -0.953. The molecule has 3 heterocycles. The van der Waals surface area contributed by atoms with E-state index in [0.29, 0.717) is 5.11 Å². The second kappa shape index (κ2) is 8.99. The number of aromatic nitrogens is 2. The summed E-state index contributed by atoms with van der Waals surface area (Å²) in [6.45, 7) is 0. The Kier molecular flexibility index (Phi) is 5.73. The van der Waals surface area contributed by atoms with Crippen LogP contribution in [0, 0.1) is 0 Å². The second-order valence-corrected chi connectivity index (χ2v) is 8.24. The van der Waals surface area contributed by atoms with Crippen LogP contribution < -0.4 is 15.0 Å². The van der Waals surface area contributed by atoms with Crippen LogP contribution in [-0.4, -0.2) is 32.8 Å². The SMILES string of the molecule is COc1ccc(N2C(=S)N[C@@H](c3ccccn3)[C@@H]2c2cccn2-c2ccc(C(=O)O)cc2)cc1. The highest BCUT2D eigenvalue weighted by Crippen LogP contribution is 2.42. The summed E-state index contributed by atoms with van der Waals surface area (Å²) in [5.41, 5.74) is 3.89. The Morgan fingerprint density at radius 2 is 1.74 bits per heavy atom. The molecule has 1 aliphatic heterocycles. The molecular formula is C26H22N4O3S. The van der Waals surface area contributed by atoms with E-state index in [-0.39, 0.29) is 17.6 Å². The Hall–Kier alpha value is -4.17. The number of hydrogen-bond acceptors (Lipinski definition) is 4. The number of ether oxygens (including phenoxy) is 1. The maximum atomic E-state index is 11.3. The number of rotatable bonds is 6. The summed E-state index contributed by atoms with van der Waals surface area (Å²) in [4.78, 5) is 18.0. The monoisotopic (exact) mass is 470 g/mol. The molecule has 1 saturated heterocycles. The van der Waals surface area contributed by atoms with Crippen LogP contribution in [0.2, 0.25) is 0 Å². The van der Waals surface area contributed by atoms with Gasteiger partial charge in [0, 0.05) is 29.5 Å². The van der Waals surface area contributed by atoms with E-state index in [4.69, 9.17) is 17.0 Å². The molecule has 170 valence electrons. The maximum absolute atomic E-state index is 11.3. The molecule has 8 heteroatoms. The minimum absolute atomic E-state index is 0.192. The van der Waals surface area contributed by atoms with Crippen molar-refractivity contribution in [2.75, 3.05) is 12.0 Å². The molecule has 4 aromatic rings. The molecule has 0 aliphatic carbocycles. The van der Waals surface area contributed by atoms with Crippen molar-refractivity contribution < 1.29 is 14.6 Å². The fourth-order valence-corrected chi connectivity index (χ4v) is 4.66. The number of methoxy groups -OCH3 is 1. The number of carboxylic acid groups (broad SMARTS) is 1. The molecule has 0 bridgehead atoms. The van der Waals surface area contributed by atoms with E-state index >= 15 is 0 Å². The van der Waals surface area contributed by atoms with Crippen LogP contribution in [0.3, 0.4) is 0 Å². The van der Waals surface area contributed by atoms with Crippen LogP contribution in [0.25, 0.3) is 5.69 Å². The predicted molar refractivity (Wildman–Crippen MR) is 134 cm³/mol. The molecule has 0 amide bonds. The zero-order valence-corrected chi connectivity index (χ0v) is 19.1. The van der Waals surface area contributed by atoms with Gasteiger partial charge in [0.2, 0.25) is 0 Å². The van der Waals surface area contributed by atoms with Gasteiger partial charge in [-0.2, -0.15) is 0 Å². The van der Waals surface area contributed by atoms with E-state index in [1.807, 2.05) is 54.7 Å². The van der Waals surface area contributed by atoms with Crippen molar-refractivity contribution in [2.45, 2.75) is 12.1 Å². The van der Waals surface area contributed by atoms with Crippen molar-refractivity contribution in [3.05, 3.63) is 108 Å². The van der Waals surface area contributed by atoms with Gasteiger partial charge in [-0.1, -0.05) is 6.07 Å². The highest BCUT2D eigenvalue weighted by Gasteiger charge is 2.42. The predicted octanol–water partition coefficient (Wildman–Crippen LogP) is 4.76. The first kappa shape index (κ1) is 21.7. The molecule has 2 atom stereocenters. The van der Waals surface area contributed by atoms with E-state index in [0.717, 1.165) is 28.5 Å². The molecule has 5 rings (SSSR count). The zero-order chi connectivity index (χ0) is 23.7. The van der Waals surface area contributed by atoms with Gasteiger partial charge in [-0.15, -0.1) is 0 Å². The Morgan fingerprint density at radius 1 is 1.00 bits per heavy atom. The first-order valence-corrected chi connectivity index (χ1v) is 11.1. The number of anilines is 1. The summed E-state index contributed by atoms with van der Waals surface area (Å²) >= 11 is 5.80. The van der Waals surface area contributed by atoms with Crippen LogP contribution >= 0.6 is 12.2 Å². The topological polar surface area (TPSA) is 79.6 Å². The van der Waals surface area contributed by atoms with Gasteiger partial charge < -0.3 is 24.6 Å². The molecule has 0 saturated carbocycles. The number of hydrogen-bond donors (Lipinski definition) is 2. The molecule has 0 radical (unpaired) electrons. The molecule has 7 nitrogen and oxygen atoms in total. The zero-order valence-electron chi connectivity index (χ0n) is 18.3. The summed E-state index contributed by atoms with van der Waals surface area (Å²) in [6.07, 6.45) is 3.74. The van der Waals surface area contributed by atoms with Crippen LogP contribution in [0.5, 0.6) is 5.75 Å². The number of carboxylic acids is 1. The minimum Gasteiger partial charge on any atom is -0.497 e. The van der Waals surface area contributed by atoms with Crippen LogP contribution in [0.1, 0.15) is 33.8 Å². The summed E-state index contributed by atoms with van der Waals surface area (Å²) in [7, 11) is 1.64. The molecule has 0 spiro atoms. The molecule has 34 heavy (non-hydrogen) atoms. The molecule has 0 unspecified atom stereocenters. The van der Waals surface area contributed by atoms with Crippen LogP contribution in [0.15, 0.2) is 91.3 Å². The standard InChI is InChI=1S/C26H22N4O3S/c1-33-20-13-11-19(12-14-20)30-24(23(28-26(30)34)21-5-2-3-15-27-21)22-6-4-16-29(22)18-9-7-17(8-10-18)25(31)32/h2-16,23-24H,1H3,(H,28,34)(H,31,32)/t23-,24-/m0/s1. The third kappa shape index (κ3) is 3.88. The Balaban J connectivity index is 1.62. The third-order valence-electron chi connectivity index (χ3n) is 5.92. The van der Waals surface area contributed by atoms with Gasteiger partial charge >= 0.3 is 5.97 Å². The maximum Gasteiger partial charge on any atom is 0.335 e. The Bertz CT molecular complexity index is 1320. The lowest BCUT2D eigenvalue weighted by atomic mass is 10.0. The number of benzene rings is 2. The number of aromatic carboxylic acids is 1. The molecule has 1 fully saturated rings. The Morgan fingerprint density at radius 3 is 2.38 bits per heavy atom. The van der Waals surface area contributed by atoms with Gasteiger partial charge in [0.15, 0.2) is 5.11 Å². The quantitative estimate of drug-likeness (QED) is 0.394. The summed E-state index contributed by atoms with van der Waals surface area (Å²) < 4.78 is 7.38. The molecular weight excluding hydrogens is 448 g/mol. The van der Waals surface area contributed by atoms with Gasteiger partial charge in [-0.3, -0.25) is 4.98 Å². The van der Waals surface area contributed by atoms with Crippen molar-refractivity contribution in [3.8, 4) is 11.4 Å². The summed E-state index contributed by atoms with van der Waals surface area (Å²) in [5.74, 6) is -0.188. The van der Waals surface area contributed by atoms with Crippen molar-refractivity contribution in [1.29, 1.82) is 0 Å². The van der Waals surface area contributed by atoms with Crippen molar-refractivity contribution in [3.63, 3.8) is 0 Å². The van der Waals surface area contributed by atoms with Gasteiger partial charge in [-0.05, 0) is 85.0 Å². The lowest BCUT2D eigenvalue weighted by Crippen LogP contribution is -2.30. The highest BCUT2D eigenvalue weighted by molar-refractivity contribution is 7.80. The Labute approximate surface area is 202 Å². The van der Waals surface area contributed by atoms with Crippen molar-refractivity contribution in [1.82, 2.24) is 14.9 Å². The van der Waals surface area contributed by atoms with Gasteiger partial charge in [0.25, 0.3) is 0 Å². The number of carbonyl (C=O) groups is 1. The highest BCUT2D eigenvalue weighted by atomic mass is 32.1. The average Bonchev–Trinajstić information content (AvgIpc) is 3.49. The number of thiocarbonyl (C=S) groups is 1. The fourth-order valence-electron chi connectivity index (χ4n) is 4.31. The largest absolute Gasteiger partial charge is 0.497 e. The summed E-state index contributed by atoms with van der Waals surface area (Å²) in [5, 5.41) is 13.3. The van der Waals surface area contributed by atoms with E-state index in [9.17, 15) is 9.90 Å². The second-order valence-electron chi connectivity index (χ2n) is 7.85. The van der Waals surface area contributed by atoms with Crippen LogP contribution in [0.4, 0.5) is 5.69 Å².